The predicted octanol–water partition coefficient (Wildman–Crippen LogP) is 9.66. The van der Waals surface area contributed by atoms with Gasteiger partial charge in [-0.05, 0) is 63.0 Å². The Kier molecular flexibility index (Phi) is 3.60. The molecule has 0 aliphatic rings. The maximum absolute atomic E-state index is 3.74. The van der Waals surface area contributed by atoms with Gasteiger partial charge in [0.15, 0.2) is 0 Å². The van der Waals surface area contributed by atoms with Crippen molar-refractivity contribution in [3.63, 3.8) is 0 Å². The van der Waals surface area contributed by atoms with Crippen LogP contribution in [0.4, 0.5) is 0 Å². The second-order valence-corrected chi connectivity index (χ2v) is 10.1. The quantitative estimate of drug-likeness (QED) is 0.257. The minimum Gasteiger partial charge on any atom is -0.354 e. The molecule has 2 heterocycles. The molecule has 0 bridgehead atoms. The number of hydrogen-bond donors (Lipinski definition) is 1. The number of fused-ring (bicyclic) bond motifs is 10. The highest BCUT2D eigenvalue weighted by Crippen LogP contribution is 2.42. The first-order valence-electron chi connectivity index (χ1n) is 11.6. The smallest absolute Gasteiger partial charge is 0.0477 e. The molecule has 8 rings (SSSR count). The molecule has 8 aromatic rings. The summed E-state index contributed by atoms with van der Waals surface area (Å²) >= 11 is 1.87. The molecule has 0 aliphatic heterocycles. The average molecular weight is 450 g/mol. The summed E-state index contributed by atoms with van der Waals surface area (Å²) in [6, 6.07) is 40.0. The van der Waals surface area contributed by atoms with Crippen LogP contribution in [-0.4, -0.2) is 4.98 Å². The van der Waals surface area contributed by atoms with E-state index >= 15 is 0 Å². The van der Waals surface area contributed by atoms with Crippen LogP contribution in [0.1, 0.15) is 0 Å². The topological polar surface area (TPSA) is 15.8 Å². The van der Waals surface area contributed by atoms with E-state index in [2.05, 4.69) is 114 Å². The van der Waals surface area contributed by atoms with Crippen LogP contribution < -0.4 is 0 Å². The number of thiophene rings is 1. The summed E-state index contributed by atoms with van der Waals surface area (Å²) in [4.78, 5) is 3.74. The third-order valence-electron chi connectivity index (χ3n) is 7.18. The minimum absolute atomic E-state index is 1.19. The van der Waals surface area contributed by atoms with Gasteiger partial charge in [-0.25, -0.2) is 0 Å². The lowest BCUT2D eigenvalue weighted by Crippen LogP contribution is -1.84. The van der Waals surface area contributed by atoms with Crippen LogP contribution in [0.25, 0.3) is 74.6 Å². The zero-order chi connectivity index (χ0) is 22.2. The van der Waals surface area contributed by atoms with Gasteiger partial charge in [-0.2, -0.15) is 0 Å². The molecule has 0 saturated carbocycles. The zero-order valence-corrected chi connectivity index (χ0v) is 19.1. The Balaban J connectivity index is 1.51. The van der Waals surface area contributed by atoms with Crippen molar-refractivity contribution in [3.8, 4) is 11.1 Å². The Morgan fingerprint density at radius 1 is 0.471 bits per heavy atom. The van der Waals surface area contributed by atoms with Crippen molar-refractivity contribution in [2.45, 2.75) is 0 Å². The average Bonchev–Trinajstić information content (AvgIpc) is 3.46. The Hall–Kier alpha value is -4.14. The molecule has 1 N–H and O–H groups in total. The fourth-order valence-electron chi connectivity index (χ4n) is 5.67. The number of nitrogens with one attached hydrogen (secondary N) is 1. The van der Waals surface area contributed by atoms with Gasteiger partial charge in [0, 0.05) is 42.0 Å². The molecule has 34 heavy (non-hydrogen) atoms. The van der Waals surface area contributed by atoms with Crippen molar-refractivity contribution in [2.24, 2.45) is 0 Å². The zero-order valence-electron chi connectivity index (χ0n) is 18.3. The molecule has 0 saturated heterocycles. The van der Waals surface area contributed by atoms with Gasteiger partial charge >= 0.3 is 0 Å². The summed E-state index contributed by atoms with van der Waals surface area (Å²) in [5, 5.41) is 10.5. The lowest BCUT2D eigenvalue weighted by molar-refractivity contribution is 1.55. The summed E-state index contributed by atoms with van der Waals surface area (Å²) < 4.78 is 2.69. The molecule has 6 aromatic carbocycles. The van der Waals surface area contributed by atoms with E-state index in [0.717, 1.165) is 0 Å². The Bertz CT molecular complexity index is 2070. The monoisotopic (exact) mass is 449 g/mol. The van der Waals surface area contributed by atoms with E-state index < -0.39 is 0 Å². The summed E-state index contributed by atoms with van der Waals surface area (Å²) in [6.07, 6.45) is 0. The van der Waals surface area contributed by atoms with E-state index in [9.17, 15) is 0 Å². The van der Waals surface area contributed by atoms with Crippen molar-refractivity contribution in [3.05, 3.63) is 109 Å². The van der Waals surface area contributed by atoms with Crippen molar-refractivity contribution in [1.29, 1.82) is 0 Å². The van der Waals surface area contributed by atoms with Crippen LogP contribution in [0.2, 0.25) is 0 Å². The van der Waals surface area contributed by atoms with E-state index in [1.807, 2.05) is 11.3 Å². The van der Waals surface area contributed by atoms with Crippen molar-refractivity contribution in [1.82, 2.24) is 4.98 Å². The normalized spacial score (nSPS) is 12.1. The molecule has 2 aromatic heterocycles. The first-order valence-corrected chi connectivity index (χ1v) is 12.4. The van der Waals surface area contributed by atoms with E-state index in [1.54, 1.807) is 0 Å². The van der Waals surface area contributed by atoms with Gasteiger partial charge < -0.3 is 4.98 Å². The third-order valence-corrected chi connectivity index (χ3v) is 8.33. The molecule has 0 unspecified atom stereocenters. The third kappa shape index (κ3) is 2.43. The number of benzene rings is 6. The molecule has 1 nitrogen and oxygen atoms in total. The molecule has 0 aliphatic carbocycles. The number of H-pyrrole nitrogens is 1. The molecule has 0 atom stereocenters. The first kappa shape index (κ1) is 18.3. The largest absolute Gasteiger partial charge is 0.354 e. The maximum Gasteiger partial charge on any atom is 0.0477 e. The molecule has 0 amide bonds. The molecule has 0 fully saturated rings. The van der Waals surface area contributed by atoms with Crippen LogP contribution >= 0.6 is 11.3 Å². The van der Waals surface area contributed by atoms with Crippen molar-refractivity contribution in [2.75, 3.05) is 0 Å². The van der Waals surface area contributed by atoms with Crippen LogP contribution in [-0.2, 0) is 0 Å². The summed E-state index contributed by atoms with van der Waals surface area (Å²) in [5.41, 5.74) is 4.92. The Labute approximate surface area is 199 Å². The standard InChI is InChI=1S/C32H19NS/c1-2-8-21-19(7-1)13-15-27-31(21)32-24-11-4-3-9-22(24)25(18-28(32)33-27)20-14-16-30-26(17-20)23-10-5-6-12-29(23)34-30/h1-18,33H. The molecule has 158 valence electrons. The fourth-order valence-corrected chi connectivity index (χ4v) is 6.75. The van der Waals surface area contributed by atoms with Crippen molar-refractivity contribution >= 4 is 74.9 Å². The van der Waals surface area contributed by atoms with E-state index in [0.29, 0.717) is 0 Å². The van der Waals surface area contributed by atoms with Gasteiger partial charge in [-0.1, -0.05) is 78.9 Å². The molecule has 0 spiro atoms. The second kappa shape index (κ2) is 6.69. The number of aromatic nitrogens is 1. The highest BCUT2D eigenvalue weighted by Gasteiger charge is 2.15. The first-order chi connectivity index (χ1) is 16.8. The number of rotatable bonds is 1. The van der Waals surface area contributed by atoms with E-state index in [4.69, 9.17) is 0 Å². The highest BCUT2D eigenvalue weighted by molar-refractivity contribution is 7.25. The second-order valence-electron chi connectivity index (χ2n) is 9.04. The molecule has 2 heteroatoms. The van der Waals surface area contributed by atoms with Crippen LogP contribution in [0.5, 0.6) is 0 Å². The van der Waals surface area contributed by atoms with Crippen molar-refractivity contribution < 1.29 is 0 Å². The van der Waals surface area contributed by atoms with Crippen LogP contribution in [0.15, 0.2) is 109 Å². The minimum atomic E-state index is 1.19. The maximum atomic E-state index is 3.74. The lowest BCUT2D eigenvalue weighted by Gasteiger charge is -2.10. The fraction of sp³-hybridized carbons (Fsp3) is 0. The molecular weight excluding hydrogens is 430 g/mol. The lowest BCUT2D eigenvalue weighted by atomic mass is 9.93. The summed E-state index contributed by atoms with van der Waals surface area (Å²) in [5.74, 6) is 0. The van der Waals surface area contributed by atoms with Gasteiger partial charge in [0.25, 0.3) is 0 Å². The molecule has 0 radical (unpaired) electrons. The van der Waals surface area contributed by atoms with Gasteiger partial charge in [0.05, 0.1) is 0 Å². The number of aromatic amines is 1. The Morgan fingerprint density at radius 3 is 2.09 bits per heavy atom. The predicted molar refractivity (Wildman–Crippen MR) is 149 cm³/mol. The van der Waals surface area contributed by atoms with E-state index in [-0.39, 0.29) is 0 Å². The molecular formula is C32H19NS. The SMILES string of the molecule is c1ccc2c(c1)ccc1[nH]c3cc(-c4ccc5sc6ccccc6c5c4)c4ccccc4c3c12. The van der Waals surface area contributed by atoms with Crippen LogP contribution in [0, 0.1) is 0 Å². The van der Waals surface area contributed by atoms with E-state index in [1.165, 1.54) is 74.6 Å². The van der Waals surface area contributed by atoms with Gasteiger partial charge in [-0.15, -0.1) is 11.3 Å². The van der Waals surface area contributed by atoms with Gasteiger partial charge in [0.2, 0.25) is 0 Å². The highest BCUT2D eigenvalue weighted by atomic mass is 32.1. The number of hydrogen-bond acceptors (Lipinski definition) is 1. The van der Waals surface area contributed by atoms with Crippen LogP contribution in [0.3, 0.4) is 0 Å². The van der Waals surface area contributed by atoms with Gasteiger partial charge in [0.1, 0.15) is 0 Å². The Morgan fingerprint density at radius 2 is 1.18 bits per heavy atom. The van der Waals surface area contributed by atoms with Gasteiger partial charge in [-0.3, -0.25) is 0 Å². The summed E-state index contributed by atoms with van der Waals surface area (Å²) in [7, 11) is 0. The summed E-state index contributed by atoms with van der Waals surface area (Å²) in [6.45, 7) is 0.